The van der Waals surface area contributed by atoms with Crippen LogP contribution in [0, 0.1) is 10.1 Å². The molecule has 0 aliphatic heterocycles. The van der Waals surface area contributed by atoms with Gasteiger partial charge in [0.25, 0.3) is 5.69 Å². The number of pyridine rings is 1. The molecule has 1 aromatic heterocycles. The quantitative estimate of drug-likeness (QED) is 0.590. The average molecular weight is 225 g/mol. The van der Waals surface area contributed by atoms with E-state index in [1.54, 1.807) is 6.07 Å². The monoisotopic (exact) mass is 225 g/mol. The standard InChI is InChI=1S/C10H15N3O3/c1-3-16-8(2)6-11-10-5-4-9(7-12-10)13(14)15/h4-5,7-8H,3,6H2,1-2H3,(H,11,12). The molecule has 1 rings (SSSR count). The van der Waals surface area contributed by atoms with Gasteiger partial charge in [0.2, 0.25) is 0 Å². The Balaban J connectivity index is 2.46. The second-order valence-electron chi connectivity index (χ2n) is 3.31. The zero-order valence-corrected chi connectivity index (χ0v) is 9.34. The first-order chi connectivity index (χ1) is 7.63. The van der Waals surface area contributed by atoms with Crippen LogP contribution < -0.4 is 5.32 Å². The topological polar surface area (TPSA) is 77.3 Å². The highest BCUT2D eigenvalue weighted by molar-refractivity contribution is 5.40. The summed E-state index contributed by atoms with van der Waals surface area (Å²) in [7, 11) is 0. The van der Waals surface area contributed by atoms with Crippen molar-refractivity contribution < 1.29 is 9.66 Å². The molecule has 1 unspecified atom stereocenters. The van der Waals surface area contributed by atoms with E-state index in [2.05, 4.69) is 10.3 Å². The summed E-state index contributed by atoms with van der Waals surface area (Å²) in [4.78, 5) is 13.8. The second kappa shape index (κ2) is 6.02. The summed E-state index contributed by atoms with van der Waals surface area (Å²) in [5, 5.41) is 13.4. The number of aromatic nitrogens is 1. The van der Waals surface area contributed by atoms with Crippen molar-refractivity contribution in [3.63, 3.8) is 0 Å². The summed E-state index contributed by atoms with van der Waals surface area (Å²) in [6.07, 6.45) is 1.32. The molecule has 0 radical (unpaired) electrons. The van der Waals surface area contributed by atoms with E-state index in [4.69, 9.17) is 4.74 Å². The Hall–Kier alpha value is -1.69. The number of nitrogens with zero attached hydrogens (tertiary/aromatic N) is 2. The summed E-state index contributed by atoms with van der Waals surface area (Å²) in [6.45, 7) is 5.16. The fourth-order valence-corrected chi connectivity index (χ4v) is 1.19. The number of hydrogen-bond donors (Lipinski definition) is 1. The predicted molar refractivity (Wildman–Crippen MR) is 60.5 cm³/mol. The summed E-state index contributed by atoms with van der Waals surface area (Å²) in [5.74, 6) is 0.608. The first-order valence-corrected chi connectivity index (χ1v) is 5.09. The Morgan fingerprint density at radius 2 is 2.38 bits per heavy atom. The van der Waals surface area contributed by atoms with Gasteiger partial charge in [-0.1, -0.05) is 0 Å². The van der Waals surface area contributed by atoms with Crippen LogP contribution in [0.4, 0.5) is 11.5 Å². The highest BCUT2D eigenvalue weighted by Gasteiger charge is 2.05. The second-order valence-corrected chi connectivity index (χ2v) is 3.31. The van der Waals surface area contributed by atoms with Crippen LogP contribution in [0.15, 0.2) is 18.3 Å². The van der Waals surface area contributed by atoms with Crippen molar-refractivity contribution in [1.82, 2.24) is 4.98 Å². The Morgan fingerprint density at radius 1 is 1.62 bits per heavy atom. The molecule has 1 aromatic rings. The summed E-state index contributed by atoms with van der Waals surface area (Å²) in [6, 6.07) is 3.00. The lowest BCUT2D eigenvalue weighted by Gasteiger charge is -2.12. The van der Waals surface area contributed by atoms with Crippen LogP contribution in [0.25, 0.3) is 0 Å². The van der Waals surface area contributed by atoms with Crippen molar-refractivity contribution in [2.75, 3.05) is 18.5 Å². The smallest absolute Gasteiger partial charge is 0.287 e. The van der Waals surface area contributed by atoms with Crippen LogP contribution >= 0.6 is 0 Å². The minimum atomic E-state index is -0.473. The lowest BCUT2D eigenvalue weighted by atomic mass is 10.3. The molecular formula is C10H15N3O3. The van der Waals surface area contributed by atoms with Gasteiger partial charge >= 0.3 is 0 Å². The van der Waals surface area contributed by atoms with Crippen molar-refractivity contribution in [3.8, 4) is 0 Å². The van der Waals surface area contributed by atoms with Gasteiger partial charge in [-0.05, 0) is 19.9 Å². The first kappa shape index (κ1) is 12.4. The minimum Gasteiger partial charge on any atom is -0.377 e. The van der Waals surface area contributed by atoms with Gasteiger partial charge in [0.1, 0.15) is 12.0 Å². The van der Waals surface area contributed by atoms with Crippen LogP contribution in [0.1, 0.15) is 13.8 Å². The van der Waals surface area contributed by atoms with Gasteiger partial charge in [-0.2, -0.15) is 0 Å². The van der Waals surface area contributed by atoms with Gasteiger partial charge < -0.3 is 10.1 Å². The lowest BCUT2D eigenvalue weighted by Crippen LogP contribution is -2.20. The Labute approximate surface area is 93.8 Å². The van der Waals surface area contributed by atoms with Gasteiger partial charge in [-0.3, -0.25) is 10.1 Å². The molecule has 0 aliphatic rings. The highest BCUT2D eigenvalue weighted by atomic mass is 16.6. The Morgan fingerprint density at radius 3 is 2.88 bits per heavy atom. The molecule has 0 bridgehead atoms. The van der Waals surface area contributed by atoms with Crippen LogP contribution in [0.2, 0.25) is 0 Å². The van der Waals surface area contributed by atoms with Gasteiger partial charge in [-0.15, -0.1) is 0 Å². The molecule has 6 nitrogen and oxygen atoms in total. The number of nitro groups is 1. The van der Waals surface area contributed by atoms with Crippen molar-refractivity contribution in [3.05, 3.63) is 28.4 Å². The van der Waals surface area contributed by atoms with E-state index in [0.29, 0.717) is 19.0 Å². The number of rotatable bonds is 6. The number of anilines is 1. The van der Waals surface area contributed by atoms with E-state index >= 15 is 0 Å². The molecule has 0 aromatic carbocycles. The number of ether oxygens (including phenoxy) is 1. The Bertz CT molecular complexity index is 340. The van der Waals surface area contributed by atoms with Crippen LogP contribution in [0.3, 0.4) is 0 Å². The molecule has 0 amide bonds. The van der Waals surface area contributed by atoms with E-state index in [1.165, 1.54) is 12.3 Å². The molecule has 1 atom stereocenters. The van der Waals surface area contributed by atoms with Crippen molar-refractivity contribution >= 4 is 11.5 Å². The van der Waals surface area contributed by atoms with E-state index in [-0.39, 0.29) is 11.8 Å². The van der Waals surface area contributed by atoms with E-state index in [0.717, 1.165) is 0 Å². The zero-order chi connectivity index (χ0) is 12.0. The summed E-state index contributed by atoms with van der Waals surface area (Å²) >= 11 is 0. The third-order valence-electron chi connectivity index (χ3n) is 1.98. The molecule has 1 heterocycles. The molecular weight excluding hydrogens is 210 g/mol. The van der Waals surface area contributed by atoms with Gasteiger partial charge in [0.15, 0.2) is 0 Å². The van der Waals surface area contributed by atoms with Crippen LogP contribution in [0.5, 0.6) is 0 Å². The van der Waals surface area contributed by atoms with Gasteiger partial charge in [-0.25, -0.2) is 4.98 Å². The maximum atomic E-state index is 10.4. The third-order valence-corrected chi connectivity index (χ3v) is 1.98. The fraction of sp³-hybridized carbons (Fsp3) is 0.500. The molecule has 88 valence electrons. The van der Waals surface area contributed by atoms with Crippen LogP contribution in [-0.4, -0.2) is 29.2 Å². The average Bonchev–Trinajstić information content (AvgIpc) is 2.27. The number of hydrogen-bond acceptors (Lipinski definition) is 5. The van der Waals surface area contributed by atoms with Crippen molar-refractivity contribution in [2.45, 2.75) is 20.0 Å². The normalized spacial score (nSPS) is 12.1. The molecule has 6 heteroatoms. The largest absolute Gasteiger partial charge is 0.377 e. The molecule has 0 spiro atoms. The maximum Gasteiger partial charge on any atom is 0.287 e. The highest BCUT2D eigenvalue weighted by Crippen LogP contribution is 2.11. The van der Waals surface area contributed by atoms with Gasteiger partial charge in [0.05, 0.1) is 11.0 Å². The van der Waals surface area contributed by atoms with E-state index in [9.17, 15) is 10.1 Å². The third kappa shape index (κ3) is 3.82. The van der Waals surface area contributed by atoms with Crippen molar-refractivity contribution in [2.24, 2.45) is 0 Å². The van der Waals surface area contributed by atoms with Crippen LogP contribution in [-0.2, 0) is 4.74 Å². The van der Waals surface area contributed by atoms with E-state index < -0.39 is 4.92 Å². The molecule has 0 saturated carbocycles. The SMILES string of the molecule is CCOC(C)CNc1ccc([N+](=O)[O-])cn1. The summed E-state index contributed by atoms with van der Waals surface area (Å²) < 4.78 is 5.33. The van der Waals surface area contributed by atoms with E-state index in [1.807, 2.05) is 13.8 Å². The van der Waals surface area contributed by atoms with Gasteiger partial charge in [0, 0.05) is 19.2 Å². The Kier molecular flexibility index (Phi) is 4.65. The minimum absolute atomic E-state index is 0.0107. The first-order valence-electron chi connectivity index (χ1n) is 5.09. The molecule has 1 N–H and O–H groups in total. The molecule has 0 aliphatic carbocycles. The zero-order valence-electron chi connectivity index (χ0n) is 9.34. The fourth-order valence-electron chi connectivity index (χ4n) is 1.19. The molecule has 0 fully saturated rings. The van der Waals surface area contributed by atoms with Crippen molar-refractivity contribution in [1.29, 1.82) is 0 Å². The lowest BCUT2D eigenvalue weighted by molar-refractivity contribution is -0.385. The number of nitrogens with one attached hydrogen (secondary N) is 1. The predicted octanol–water partition coefficient (Wildman–Crippen LogP) is 1.83. The summed E-state index contributed by atoms with van der Waals surface area (Å²) in [5.41, 5.74) is -0.0107. The maximum absolute atomic E-state index is 10.4. The molecule has 16 heavy (non-hydrogen) atoms. The molecule has 0 saturated heterocycles.